The molecule has 0 saturated heterocycles. The number of nitriles is 1. The summed E-state index contributed by atoms with van der Waals surface area (Å²) in [6, 6.07) is 6.33. The molecule has 6 heteroatoms. The van der Waals surface area contributed by atoms with Crippen LogP contribution in [0, 0.1) is 28.6 Å². The van der Waals surface area contributed by atoms with Crippen molar-refractivity contribution in [2.45, 2.75) is 58.8 Å². The predicted molar refractivity (Wildman–Crippen MR) is 122 cm³/mol. The van der Waals surface area contributed by atoms with Gasteiger partial charge in [0.2, 0.25) is 0 Å². The van der Waals surface area contributed by atoms with Crippen LogP contribution in [0.15, 0.2) is 24.4 Å². The van der Waals surface area contributed by atoms with Crippen molar-refractivity contribution in [1.29, 1.82) is 5.26 Å². The van der Waals surface area contributed by atoms with Crippen molar-refractivity contribution in [1.82, 2.24) is 4.98 Å². The largest absolute Gasteiger partial charge is 0.395 e. The van der Waals surface area contributed by atoms with Gasteiger partial charge in [-0.25, -0.2) is 4.39 Å². The number of anilines is 2. The van der Waals surface area contributed by atoms with E-state index in [2.05, 4.69) is 55.6 Å². The minimum absolute atomic E-state index is 0.117. The van der Waals surface area contributed by atoms with Crippen molar-refractivity contribution >= 4 is 19.4 Å². The first-order valence-corrected chi connectivity index (χ1v) is 12.7. The van der Waals surface area contributed by atoms with Crippen LogP contribution in [0.3, 0.4) is 0 Å². The Kier molecular flexibility index (Phi) is 6.40. The van der Waals surface area contributed by atoms with Crippen LogP contribution in [-0.4, -0.2) is 19.1 Å². The molecule has 1 aromatic carbocycles. The Hall–Kier alpha value is -2.83. The highest BCUT2D eigenvalue weighted by Gasteiger charge is 2.33. The molecule has 0 amide bonds. The van der Waals surface area contributed by atoms with Crippen LogP contribution in [0.4, 0.5) is 15.8 Å². The van der Waals surface area contributed by atoms with Gasteiger partial charge in [0, 0.05) is 17.8 Å². The van der Waals surface area contributed by atoms with Gasteiger partial charge in [-0.15, -0.1) is 5.54 Å². The van der Waals surface area contributed by atoms with Crippen molar-refractivity contribution in [2.75, 3.05) is 11.1 Å². The van der Waals surface area contributed by atoms with Crippen molar-refractivity contribution in [3.63, 3.8) is 0 Å². The number of benzene rings is 1. The number of aromatic nitrogens is 1. The van der Waals surface area contributed by atoms with Crippen molar-refractivity contribution in [3.8, 4) is 28.8 Å². The average Bonchev–Trinajstić information content (AvgIpc) is 2.61. The number of nitrogen functional groups attached to an aromatic ring is 1. The summed E-state index contributed by atoms with van der Waals surface area (Å²) < 4.78 is 14.5. The summed E-state index contributed by atoms with van der Waals surface area (Å²) in [6.07, 6.45) is 1.65. The molecule has 0 bridgehead atoms. The van der Waals surface area contributed by atoms with Crippen LogP contribution in [0.1, 0.15) is 45.7 Å². The molecule has 0 fully saturated rings. The predicted octanol–water partition coefficient (Wildman–Crippen LogP) is 5.56. The molecule has 3 N–H and O–H groups in total. The number of halogens is 1. The van der Waals surface area contributed by atoms with E-state index in [1.54, 1.807) is 12.3 Å². The number of nitrogens with two attached hydrogens (primary N) is 1. The summed E-state index contributed by atoms with van der Waals surface area (Å²) in [5, 5.41) is 12.4. The monoisotopic (exact) mass is 408 g/mol. The van der Waals surface area contributed by atoms with Gasteiger partial charge >= 0.3 is 0 Å². The number of hydrogen-bond acceptors (Lipinski definition) is 4. The summed E-state index contributed by atoms with van der Waals surface area (Å²) in [4.78, 5) is 4.42. The molecule has 29 heavy (non-hydrogen) atoms. The lowest BCUT2D eigenvalue weighted by atomic mass is 10.0. The maximum Gasteiger partial charge on any atom is 0.138 e. The number of hydrogen-bond donors (Lipinski definition) is 2. The molecule has 0 aliphatic heterocycles. The fourth-order valence-electron chi connectivity index (χ4n) is 2.47. The van der Waals surface area contributed by atoms with Crippen molar-refractivity contribution in [3.05, 3.63) is 41.3 Å². The van der Waals surface area contributed by atoms with E-state index in [0.717, 1.165) is 0 Å². The molecule has 1 aromatic heterocycles. The van der Waals surface area contributed by atoms with Gasteiger partial charge in [-0.3, -0.25) is 4.98 Å². The SMILES string of the molecule is CC(C)Nc1c(C#C[Si](C)(C)C(C)(C)C)cnc(-c2ccc(C#N)cc2F)c1N. The van der Waals surface area contributed by atoms with Crippen LogP contribution in [0.2, 0.25) is 18.1 Å². The molecule has 2 aromatic rings. The number of rotatable bonds is 3. The second-order valence-corrected chi connectivity index (χ2v) is 14.0. The van der Waals surface area contributed by atoms with Crippen LogP contribution in [-0.2, 0) is 0 Å². The summed E-state index contributed by atoms with van der Waals surface area (Å²) in [5.74, 6) is 2.76. The lowest BCUT2D eigenvalue weighted by molar-refractivity contribution is 0.630. The van der Waals surface area contributed by atoms with E-state index in [9.17, 15) is 4.39 Å². The molecule has 0 unspecified atom stereocenters. The molecule has 4 nitrogen and oxygen atoms in total. The van der Waals surface area contributed by atoms with E-state index in [4.69, 9.17) is 11.0 Å². The Labute approximate surface area is 174 Å². The average molecular weight is 409 g/mol. The van der Waals surface area contributed by atoms with Crippen LogP contribution in [0.25, 0.3) is 11.3 Å². The first kappa shape index (κ1) is 22.5. The van der Waals surface area contributed by atoms with Gasteiger partial charge in [-0.2, -0.15) is 5.26 Å². The van der Waals surface area contributed by atoms with E-state index < -0.39 is 13.9 Å². The van der Waals surface area contributed by atoms with Gasteiger partial charge in [-0.1, -0.05) is 39.8 Å². The summed E-state index contributed by atoms with van der Waals surface area (Å²) in [7, 11) is -1.81. The summed E-state index contributed by atoms with van der Waals surface area (Å²) in [6.45, 7) is 15.1. The first-order chi connectivity index (χ1) is 13.4. The molecule has 0 spiro atoms. The first-order valence-electron chi connectivity index (χ1n) is 9.65. The third-order valence-electron chi connectivity index (χ3n) is 5.29. The number of nitrogens with one attached hydrogen (secondary N) is 1. The standard InChI is InChI=1S/C23H29FN4Si/c1-15(2)28-21-17(10-11-29(6,7)23(3,4)5)14-27-22(20(21)26)18-9-8-16(13-25)12-19(18)24/h8-9,12,14-15H,26H2,1-7H3,(H,27,28). The van der Waals surface area contributed by atoms with Crippen LogP contribution in [0.5, 0.6) is 0 Å². The zero-order valence-corrected chi connectivity index (χ0v) is 19.2. The van der Waals surface area contributed by atoms with Crippen LogP contribution >= 0.6 is 0 Å². The molecule has 152 valence electrons. The van der Waals surface area contributed by atoms with Gasteiger partial charge in [0.1, 0.15) is 13.9 Å². The van der Waals surface area contributed by atoms with Crippen LogP contribution < -0.4 is 11.1 Å². The molecule has 0 aliphatic rings. The highest BCUT2D eigenvalue weighted by molar-refractivity contribution is 6.87. The topological polar surface area (TPSA) is 74.7 Å². The number of pyridine rings is 1. The maximum atomic E-state index is 14.5. The number of nitrogens with zero attached hydrogens (tertiary/aromatic N) is 2. The van der Waals surface area contributed by atoms with E-state index in [-0.39, 0.29) is 22.2 Å². The second-order valence-electron chi connectivity index (χ2n) is 9.04. The zero-order valence-electron chi connectivity index (χ0n) is 18.2. The lowest BCUT2D eigenvalue weighted by Crippen LogP contribution is -2.35. The van der Waals surface area contributed by atoms with Crippen molar-refractivity contribution < 1.29 is 4.39 Å². The van der Waals surface area contributed by atoms with E-state index in [1.165, 1.54) is 12.1 Å². The van der Waals surface area contributed by atoms with E-state index in [0.29, 0.717) is 22.6 Å². The van der Waals surface area contributed by atoms with Gasteiger partial charge < -0.3 is 11.1 Å². The molecule has 0 aliphatic carbocycles. The Morgan fingerprint density at radius 2 is 1.90 bits per heavy atom. The normalized spacial score (nSPS) is 11.6. The Balaban J connectivity index is 2.63. The quantitative estimate of drug-likeness (QED) is 0.515. The van der Waals surface area contributed by atoms with Gasteiger partial charge in [-0.05, 0) is 37.1 Å². The summed E-state index contributed by atoms with van der Waals surface area (Å²) >= 11 is 0. The summed E-state index contributed by atoms with van der Waals surface area (Å²) in [5.41, 5.74) is 12.5. The molecular formula is C23H29FN4Si. The highest BCUT2D eigenvalue weighted by atomic mass is 28.3. The Bertz CT molecular complexity index is 1020. The van der Waals surface area contributed by atoms with Gasteiger partial charge in [0.15, 0.2) is 0 Å². The maximum absolute atomic E-state index is 14.5. The zero-order chi connectivity index (χ0) is 22.0. The van der Waals surface area contributed by atoms with Crippen molar-refractivity contribution in [2.24, 2.45) is 0 Å². The van der Waals surface area contributed by atoms with Gasteiger partial charge in [0.05, 0.1) is 34.3 Å². The third kappa shape index (κ3) is 4.96. The minimum Gasteiger partial charge on any atom is -0.395 e. The fraction of sp³-hybridized carbons (Fsp3) is 0.391. The molecule has 0 saturated carbocycles. The lowest BCUT2D eigenvalue weighted by Gasteiger charge is -2.31. The minimum atomic E-state index is -1.81. The highest BCUT2D eigenvalue weighted by Crippen LogP contribution is 2.37. The molecule has 2 rings (SSSR count). The molecule has 0 radical (unpaired) electrons. The smallest absolute Gasteiger partial charge is 0.138 e. The van der Waals surface area contributed by atoms with E-state index >= 15 is 0 Å². The van der Waals surface area contributed by atoms with E-state index in [1.807, 2.05) is 19.9 Å². The van der Waals surface area contributed by atoms with Gasteiger partial charge in [0.25, 0.3) is 0 Å². The third-order valence-corrected chi connectivity index (χ3v) is 9.79. The second kappa shape index (κ2) is 8.27. The molecular weight excluding hydrogens is 379 g/mol. The molecule has 0 atom stereocenters. The fourth-order valence-corrected chi connectivity index (χ4v) is 3.29. The molecule has 1 heterocycles. The Morgan fingerprint density at radius 3 is 2.41 bits per heavy atom. The Morgan fingerprint density at radius 1 is 1.24 bits per heavy atom.